The van der Waals surface area contributed by atoms with Crippen molar-refractivity contribution in [2.75, 3.05) is 11.4 Å². The number of hydrogen-bond acceptors (Lipinski definition) is 7. The van der Waals surface area contributed by atoms with Crippen molar-refractivity contribution in [1.82, 2.24) is 19.9 Å². The van der Waals surface area contributed by atoms with E-state index in [2.05, 4.69) is 53.8 Å². The summed E-state index contributed by atoms with van der Waals surface area (Å²) >= 11 is 0. The fraction of sp³-hybridized carbons (Fsp3) is 0.480. The van der Waals surface area contributed by atoms with Crippen LogP contribution in [0, 0.1) is 0 Å². The second-order valence-corrected chi connectivity index (χ2v) is 15.5. The summed E-state index contributed by atoms with van der Waals surface area (Å²) in [4.78, 5) is 31.7. The Morgan fingerprint density at radius 1 is 0.941 bits per heavy atom. The van der Waals surface area contributed by atoms with Crippen molar-refractivity contribution in [3.8, 4) is 5.75 Å². The molecule has 0 unspecified atom stereocenters. The smallest absolute Gasteiger partial charge is 0.416 e. The van der Waals surface area contributed by atoms with Crippen LogP contribution in [-0.4, -0.2) is 46.5 Å². The maximum Gasteiger partial charge on any atom is 0.416 e. The summed E-state index contributed by atoms with van der Waals surface area (Å²) in [5.41, 5.74) is 1.30. The van der Waals surface area contributed by atoms with Crippen LogP contribution in [0.25, 0.3) is 11.2 Å². The molecule has 0 atom stereocenters. The molecule has 34 heavy (non-hydrogen) atoms. The van der Waals surface area contributed by atoms with Gasteiger partial charge in [0.2, 0.25) is 8.32 Å². The molecule has 2 heterocycles. The molecule has 0 saturated carbocycles. The molecule has 3 rings (SSSR count). The predicted molar refractivity (Wildman–Crippen MR) is 137 cm³/mol. The molecule has 1 amide bonds. The number of aromatic nitrogens is 4. The average Bonchev–Trinajstić information content (AvgIpc) is 2.73. The lowest BCUT2D eigenvalue weighted by Crippen LogP contribution is -2.43. The van der Waals surface area contributed by atoms with Crippen LogP contribution < -0.4 is 9.33 Å². The van der Waals surface area contributed by atoms with Gasteiger partial charge in [-0.25, -0.2) is 24.7 Å². The van der Waals surface area contributed by atoms with E-state index in [-0.39, 0.29) is 5.04 Å². The lowest BCUT2D eigenvalue weighted by molar-refractivity contribution is 0.0580. The van der Waals surface area contributed by atoms with Crippen LogP contribution in [-0.2, 0) is 11.2 Å². The van der Waals surface area contributed by atoms with Crippen molar-refractivity contribution < 1.29 is 14.0 Å². The molecule has 0 aliphatic rings. The molecule has 0 spiro atoms. The monoisotopic (exact) mass is 481 g/mol. The van der Waals surface area contributed by atoms with Gasteiger partial charge in [0.1, 0.15) is 17.7 Å². The highest BCUT2D eigenvalue weighted by Crippen LogP contribution is 2.37. The number of carbonyl (C=O) groups excluding carboxylic acids is 1. The van der Waals surface area contributed by atoms with E-state index in [4.69, 9.17) is 9.16 Å². The predicted octanol–water partition coefficient (Wildman–Crippen LogP) is 5.79. The van der Waals surface area contributed by atoms with Gasteiger partial charge in [0.15, 0.2) is 17.0 Å². The van der Waals surface area contributed by atoms with Gasteiger partial charge in [0, 0.05) is 18.9 Å². The summed E-state index contributed by atoms with van der Waals surface area (Å²) in [5.74, 6) is 1.25. The molecule has 0 radical (unpaired) electrons. The van der Waals surface area contributed by atoms with E-state index in [1.165, 1.54) is 11.2 Å². The van der Waals surface area contributed by atoms with Crippen molar-refractivity contribution in [2.24, 2.45) is 0 Å². The maximum atomic E-state index is 13.1. The summed E-state index contributed by atoms with van der Waals surface area (Å²) in [7, 11) is -1.90. The zero-order valence-corrected chi connectivity index (χ0v) is 22.4. The van der Waals surface area contributed by atoms with Crippen molar-refractivity contribution in [3.63, 3.8) is 0 Å². The van der Waals surface area contributed by atoms with E-state index >= 15 is 0 Å². The number of hydrogen-bond donors (Lipinski definition) is 0. The maximum absolute atomic E-state index is 13.1. The Morgan fingerprint density at radius 3 is 2.21 bits per heavy atom. The van der Waals surface area contributed by atoms with E-state index in [1.54, 1.807) is 12.4 Å². The van der Waals surface area contributed by atoms with Gasteiger partial charge in [0.25, 0.3) is 0 Å². The third kappa shape index (κ3) is 6.28. The molecule has 182 valence electrons. The van der Waals surface area contributed by atoms with Crippen LogP contribution >= 0.6 is 0 Å². The lowest BCUT2D eigenvalue weighted by Gasteiger charge is -2.36. The summed E-state index contributed by atoms with van der Waals surface area (Å²) in [6.07, 6.45) is 4.62. The quantitative estimate of drug-likeness (QED) is 0.412. The minimum atomic E-state index is -1.90. The van der Waals surface area contributed by atoms with Crippen LogP contribution in [0.1, 0.15) is 47.1 Å². The third-order valence-corrected chi connectivity index (χ3v) is 10.2. The number of ether oxygens (including phenoxy) is 1. The molecule has 0 saturated heterocycles. The second kappa shape index (κ2) is 9.66. The molecule has 9 heteroatoms. The fourth-order valence-electron chi connectivity index (χ4n) is 2.99. The molecule has 0 aliphatic heterocycles. The zero-order chi connectivity index (χ0) is 25.1. The number of anilines is 1. The zero-order valence-electron chi connectivity index (χ0n) is 21.4. The molecule has 2 aromatic heterocycles. The number of rotatable bonds is 6. The van der Waals surface area contributed by atoms with Gasteiger partial charge in [0.05, 0.1) is 0 Å². The van der Waals surface area contributed by atoms with Gasteiger partial charge >= 0.3 is 6.09 Å². The Bertz CT molecular complexity index is 1130. The number of benzene rings is 1. The first kappa shape index (κ1) is 25.5. The summed E-state index contributed by atoms with van der Waals surface area (Å²) in [6.45, 7) is 17.0. The largest absolute Gasteiger partial charge is 0.544 e. The standard InChI is InChI=1S/C25H35N5O3Si/c1-24(2,3)32-23(31)30(22-20-21(28-17-29-22)27-15-14-26-20)16-13-18-9-11-19(12-10-18)33-34(7,8)25(4,5)6/h9-12,14-15,17H,13,16H2,1-8H3. The lowest BCUT2D eigenvalue weighted by atomic mass is 10.1. The third-order valence-electron chi connectivity index (χ3n) is 5.85. The highest BCUT2D eigenvalue weighted by atomic mass is 28.4. The van der Waals surface area contributed by atoms with Gasteiger partial charge in [-0.2, -0.15) is 0 Å². The van der Waals surface area contributed by atoms with Crippen LogP contribution in [0.5, 0.6) is 5.75 Å². The van der Waals surface area contributed by atoms with Crippen LogP contribution in [0.15, 0.2) is 43.0 Å². The molecule has 8 nitrogen and oxygen atoms in total. The molecule has 0 aliphatic carbocycles. The Kier molecular flexibility index (Phi) is 7.26. The van der Waals surface area contributed by atoms with E-state index in [1.807, 2.05) is 45.0 Å². The molecule has 0 fully saturated rings. The second-order valence-electron chi connectivity index (χ2n) is 10.8. The SMILES string of the molecule is CC(C)(C)OC(=O)N(CCc1ccc(O[Si](C)(C)C(C)(C)C)cc1)c1ncnc2nccnc12. The van der Waals surface area contributed by atoms with Crippen LogP contribution in [0.3, 0.4) is 0 Å². The molecule has 3 aromatic rings. The molecular weight excluding hydrogens is 446 g/mol. The van der Waals surface area contributed by atoms with E-state index in [0.717, 1.165) is 11.3 Å². The van der Waals surface area contributed by atoms with Gasteiger partial charge in [-0.3, -0.25) is 4.90 Å². The minimum absolute atomic E-state index is 0.128. The van der Waals surface area contributed by atoms with Gasteiger partial charge < -0.3 is 9.16 Å². The first-order valence-corrected chi connectivity index (χ1v) is 14.4. The van der Waals surface area contributed by atoms with Gasteiger partial charge in [-0.1, -0.05) is 32.9 Å². The first-order valence-electron chi connectivity index (χ1n) is 11.5. The number of fused-ring (bicyclic) bond motifs is 1. The summed E-state index contributed by atoms with van der Waals surface area (Å²) in [5, 5.41) is 0.128. The van der Waals surface area contributed by atoms with Gasteiger partial charge in [-0.15, -0.1) is 0 Å². The molecule has 0 bridgehead atoms. The first-order chi connectivity index (χ1) is 15.8. The fourth-order valence-corrected chi connectivity index (χ4v) is 4.02. The van der Waals surface area contributed by atoms with Crippen molar-refractivity contribution in [2.45, 2.75) is 71.7 Å². The minimum Gasteiger partial charge on any atom is -0.544 e. The van der Waals surface area contributed by atoms with Gasteiger partial charge in [-0.05, 0) is 63.0 Å². The van der Waals surface area contributed by atoms with E-state index < -0.39 is 20.0 Å². The van der Waals surface area contributed by atoms with Crippen LogP contribution in [0.4, 0.5) is 10.6 Å². The molecule has 1 aromatic carbocycles. The summed E-state index contributed by atoms with van der Waals surface area (Å²) in [6, 6.07) is 8.07. The van der Waals surface area contributed by atoms with Crippen LogP contribution in [0.2, 0.25) is 18.1 Å². The van der Waals surface area contributed by atoms with Crippen molar-refractivity contribution >= 4 is 31.4 Å². The molecule has 0 N–H and O–H groups in total. The number of carbonyl (C=O) groups is 1. The molecular formula is C25H35N5O3Si. The number of nitrogens with zero attached hydrogens (tertiary/aromatic N) is 5. The highest BCUT2D eigenvalue weighted by molar-refractivity contribution is 6.74. The Morgan fingerprint density at radius 2 is 1.59 bits per heavy atom. The average molecular weight is 482 g/mol. The van der Waals surface area contributed by atoms with E-state index in [9.17, 15) is 4.79 Å². The highest BCUT2D eigenvalue weighted by Gasteiger charge is 2.39. The Hall–Kier alpha value is -3.07. The van der Waals surface area contributed by atoms with E-state index in [0.29, 0.717) is 29.9 Å². The Balaban J connectivity index is 1.82. The van der Waals surface area contributed by atoms with Crippen molar-refractivity contribution in [1.29, 1.82) is 0 Å². The summed E-state index contributed by atoms with van der Waals surface area (Å²) < 4.78 is 12.0. The van der Waals surface area contributed by atoms with Crippen molar-refractivity contribution in [3.05, 3.63) is 48.5 Å². The number of amides is 1. The topological polar surface area (TPSA) is 90.3 Å². The Labute approximate surface area is 202 Å². The normalized spacial score (nSPS) is 12.5.